The number of anilines is 3. The number of benzene rings is 2. The molecule has 0 spiro atoms. The average molecular weight is 552 g/mol. The van der Waals surface area contributed by atoms with Gasteiger partial charge in [0.05, 0.1) is 21.7 Å². The number of methoxy groups -OCH3 is 1. The van der Waals surface area contributed by atoms with Gasteiger partial charge in [-0.05, 0) is 42.0 Å². The minimum Gasteiger partial charge on any atom is -0.383 e. The Hall–Kier alpha value is -3.42. The fourth-order valence-corrected chi connectivity index (χ4v) is 6.35. The molecule has 10 nitrogen and oxygen atoms in total. The molecule has 5 rings (SSSR count). The maximum Gasteiger partial charge on any atom is 0.243 e. The van der Waals surface area contributed by atoms with E-state index in [1.807, 2.05) is 30.4 Å². The summed E-state index contributed by atoms with van der Waals surface area (Å²) in [5.41, 5.74) is 9.26. The van der Waals surface area contributed by atoms with Crippen LogP contribution in [0.2, 0.25) is 0 Å². The van der Waals surface area contributed by atoms with Gasteiger partial charge in [0.15, 0.2) is 5.13 Å². The van der Waals surface area contributed by atoms with E-state index in [0.717, 1.165) is 27.9 Å². The van der Waals surface area contributed by atoms with Crippen LogP contribution in [0.1, 0.15) is 11.1 Å². The Morgan fingerprint density at radius 3 is 2.45 bits per heavy atom. The molecule has 12 heteroatoms. The van der Waals surface area contributed by atoms with Crippen molar-refractivity contribution in [2.75, 3.05) is 57.5 Å². The Bertz CT molecular complexity index is 1510. The molecule has 1 saturated heterocycles. The van der Waals surface area contributed by atoms with Gasteiger partial charge in [0.1, 0.15) is 0 Å². The lowest BCUT2D eigenvalue weighted by Gasteiger charge is -2.33. The number of hydrogen-bond donors (Lipinski definition) is 2. The molecule has 0 saturated carbocycles. The molecule has 2 aromatic carbocycles. The van der Waals surface area contributed by atoms with Crippen molar-refractivity contribution in [3.63, 3.8) is 0 Å². The van der Waals surface area contributed by atoms with Gasteiger partial charge in [-0.2, -0.15) is 4.31 Å². The molecule has 0 radical (unpaired) electrons. The van der Waals surface area contributed by atoms with Crippen molar-refractivity contribution in [1.29, 1.82) is 0 Å². The first-order valence-electron chi connectivity index (χ1n) is 12.2. The standard InChI is InChI=1S/C26H29N7O3S2/c1-36-15-14-32-10-12-33(13-11-32)38(34,35)22-7-5-21(6-8-22)30-26-28-17-20(18-29-26)3-2-19-4-9-23-24(16-19)37-25(27)31-23/h2-9,16-18H,10-15H2,1H3,(H2,27,31)(H,28,29,30)/b3-2+. The van der Waals surface area contributed by atoms with E-state index in [1.54, 1.807) is 48.1 Å². The normalized spacial score (nSPS) is 15.4. The summed E-state index contributed by atoms with van der Waals surface area (Å²) >= 11 is 1.46. The zero-order valence-electron chi connectivity index (χ0n) is 20.9. The van der Waals surface area contributed by atoms with E-state index < -0.39 is 10.0 Å². The number of nitrogen functional groups attached to an aromatic ring is 1. The number of sulfonamides is 1. The Morgan fingerprint density at radius 2 is 1.74 bits per heavy atom. The number of piperazine rings is 1. The molecule has 0 unspecified atom stereocenters. The predicted octanol–water partition coefficient (Wildman–Crippen LogP) is 3.54. The van der Waals surface area contributed by atoms with Gasteiger partial charge in [0, 0.05) is 63.5 Å². The van der Waals surface area contributed by atoms with E-state index in [0.29, 0.717) is 49.6 Å². The largest absolute Gasteiger partial charge is 0.383 e. The predicted molar refractivity (Wildman–Crippen MR) is 152 cm³/mol. The lowest BCUT2D eigenvalue weighted by molar-refractivity contribution is 0.123. The van der Waals surface area contributed by atoms with Crippen molar-refractivity contribution in [2.45, 2.75) is 4.90 Å². The van der Waals surface area contributed by atoms with Crippen LogP contribution in [0.3, 0.4) is 0 Å². The number of nitrogens with two attached hydrogens (primary N) is 1. The number of aromatic nitrogens is 3. The highest BCUT2D eigenvalue weighted by molar-refractivity contribution is 7.89. The maximum atomic E-state index is 13.1. The molecule has 4 aromatic rings. The first-order valence-corrected chi connectivity index (χ1v) is 14.4. The van der Waals surface area contributed by atoms with E-state index >= 15 is 0 Å². The summed E-state index contributed by atoms with van der Waals surface area (Å²) in [7, 11) is -1.87. The van der Waals surface area contributed by atoms with Crippen LogP contribution in [-0.4, -0.2) is 79.0 Å². The Balaban J connectivity index is 1.18. The highest BCUT2D eigenvalue weighted by atomic mass is 32.2. The first-order chi connectivity index (χ1) is 18.4. The van der Waals surface area contributed by atoms with E-state index in [4.69, 9.17) is 10.5 Å². The molecular formula is C26H29N7O3S2. The van der Waals surface area contributed by atoms with E-state index in [9.17, 15) is 8.42 Å². The Kier molecular flexibility index (Phi) is 7.95. The molecule has 3 N–H and O–H groups in total. The van der Waals surface area contributed by atoms with Gasteiger partial charge in [-0.15, -0.1) is 0 Å². The van der Waals surface area contributed by atoms with Gasteiger partial charge < -0.3 is 15.8 Å². The maximum absolute atomic E-state index is 13.1. The topological polar surface area (TPSA) is 127 Å². The number of nitrogens with zero attached hydrogens (tertiary/aromatic N) is 5. The number of hydrogen-bond acceptors (Lipinski definition) is 10. The summed E-state index contributed by atoms with van der Waals surface area (Å²) in [6.45, 7) is 3.78. The highest BCUT2D eigenvalue weighted by Gasteiger charge is 2.28. The number of nitrogens with one attached hydrogen (secondary N) is 1. The fraction of sp³-hybridized carbons (Fsp3) is 0.269. The van der Waals surface area contributed by atoms with E-state index in [-0.39, 0.29) is 4.90 Å². The molecule has 38 heavy (non-hydrogen) atoms. The smallest absolute Gasteiger partial charge is 0.243 e. The van der Waals surface area contributed by atoms with Gasteiger partial charge >= 0.3 is 0 Å². The zero-order valence-corrected chi connectivity index (χ0v) is 22.6. The van der Waals surface area contributed by atoms with Gasteiger partial charge in [-0.3, -0.25) is 4.90 Å². The van der Waals surface area contributed by atoms with Crippen molar-refractivity contribution in [1.82, 2.24) is 24.2 Å². The van der Waals surface area contributed by atoms with Crippen LogP contribution >= 0.6 is 11.3 Å². The molecular weight excluding hydrogens is 522 g/mol. The number of fused-ring (bicyclic) bond motifs is 1. The molecule has 1 aliphatic heterocycles. The molecule has 1 aliphatic rings. The zero-order chi connectivity index (χ0) is 26.5. The Labute approximate surface area is 225 Å². The fourth-order valence-electron chi connectivity index (χ4n) is 4.15. The van der Waals surface area contributed by atoms with Crippen LogP contribution in [0.25, 0.3) is 22.4 Å². The lowest BCUT2D eigenvalue weighted by atomic mass is 10.2. The third-order valence-electron chi connectivity index (χ3n) is 6.26. The van der Waals surface area contributed by atoms with E-state index in [1.165, 1.54) is 11.3 Å². The van der Waals surface area contributed by atoms with Gasteiger partial charge in [-0.1, -0.05) is 29.6 Å². The lowest BCUT2D eigenvalue weighted by Crippen LogP contribution is -2.49. The van der Waals surface area contributed by atoms with Crippen LogP contribution in [-0.2, 0) is 14.8 Å². The molecule has 0 atom stereocenters. The summed E-state index contributed by atoms with van der Waals surface area (Å²) in [4.78, 5) is 15.5. The summed E-state index contributed by atoms with van der Waals surface area (Å²) in [5, 5.41) is 3.68. The highest BCUT2D eigenvalue weighted by Crippen LogP contribution is 2.25. The second-order valence-electron chi connectivity index (χ2n) is 8.84. The third-order valence-corrected chi connectivity index (χ3v) is 9.02. The van der Waals surface area contributed by atoms with E-state index in [2.05, 4.69) is 25.2 Å². The minimum absolute atomic E-state index is 0.272. The average Bonchev–Trinajstić information content (AvgIpc) is 3.31. The van der Waals surface area contributed by atoms with Crippen molar-refractivity contribution in [3.05, 3.63) is 66.0 Å². The summed E-state index contributed by atoms with van der Waals surface area (Å²) in [6.07, 6.45) is 7.37. The third kappa shape index (κ3) is 6.17. The second-order valence-corrected chi connectivity index (χ2v) is 11.8. The first kappa shape index (κ1) is 26.2. The molecule has 198 valence electrons. The van der Waals surface area contributed by atoms with Crippen molar-refractivity contribution < 1.29 is 13.2 Å². The summed E-state index contributed by atoms with van der Waals surface area (Å²) < 4.78 is 33.8. The monoisotopic (exact) mass is 551 g/mol. The SMILES string of the molecule is COCCN1CCN(S(=O)(=O)c2ccc(Nc3ncc(/C=C/c4ccc5nc(N)sc5c4)cn3)cc2)CC1. The number of rotatable bonds is 9. The number of ether oxygens (including phenoxy) is 1. The Morgan fingerprint density at radius 1 is 1.03 bits per heavy atom. The minimum atomic E-state index is -3.54. The molecule has 0 aliphatic carbocycles. The van der Waals surface area contributed by atoms with Crippen molar-refractivity contribution >= 4 is 60.5 Å². The quantitative estimate of drug-likeness (QED) is 0.321. The van der Waals surface area contributed by atoms with Gasteiger partial charge in [0.25, 0.3) is 0 Å². The number of thiazole rings is 1. The van der Waals surface area contributed by atoms with Gasteiger partial charge in [-0.25, -0.2) is 23.4 Å². The van der Waals surface area contributed by atoms with Crippen LogP contribution in [0.4, 0.5) is 16.8 Å². The van der Waals surface area contributed by atoms with Crippen LogP contribution in [0.15, 0.2) is 59.8 Å². The molecule has 1 fully saturated rings. The van der Waals surface area contributed by atoms with Gasteiger partial charge in [0.2, 0.25) is 16.0 Å². The van der Waals surface area contributed by atoms with Crippen LogP contribution < -0.4 is 11.1 Å². The molecule has 0 bridgehead atoms. The summed E-state index contributed by atoms with van der Waals surface area (Å²) in [6, 6.07) is 12.7. The van der Waals surface area contributed by atoms with Crippen LogP contribution in [0.5, 0.6) is 0 Å². The van der Waals surface area contributed by atoms with Crippen LogP contribution in [0, 0.1) is 0 Å². The van der Waals surface area contributed by atoms with Crippen molar-refractivity contribution in [3.8, 4) is 0 Å². The second kappa shape index (κ2) is 11.5. The molecule has 3 heterocycles. The molecule has 0 amide bonds. The summed E-state index contributed by atoms with van der Waals surface area (Å²) in [5.74, 6) is 0.423. The van der Waals surface area contributed by atoms with Crippen molar-refractivity contribution in [2.24, 2.45) is 0 Å². The molecule has 2 aromatic heterocycles.